The maximum atomic E-state index is 12.0. The van der Waals surface area contributed by atoms with Crippen LogP contribution in [0.4, 0.5) is 0 Å². The number of carbonyl (C=O) groups excluding carboxylic acids is 1. The molecule has 0 aromatic heterocycles. The molecule has 0 aliphatic carbocycles. The fourth-order valence-electron chi connectivity index (χ4n) is 2.10. The lowest BCUT2D eigenvalue weighted by Crippen LogP contribution is -2.41. The lowest BCUT2D eigenvalue weighted by Gasteiger charge is -2.19. The number of carbonyl (C=O) groups is 1. The minimum absolute atomic E-state index is 0.0868. The summed E-state index contributed by atoms with van der Waals surface area (Å²) in [5, 5.41) is 3.69. The van der Waals surface area contributed by atoms with Gasteiger partial charge in [-0.2, -0.15) is 0 Å². The third-order valence-corrected chi connectivity index (χ3v) is 3.80. The first-order valence-corrected chi connectivity index (χ1v) is 7.46. The average Bonchev–Trinajstić information content (AvgIpc) is 2.35. The zero-order valence-corrected chi connectivity index (χ0v) is 13.7. The molecule has 0 aliphatic rings. The number of benzene rings is 1. The lowest BCUT2D eigenvalue weighted by atomic mass is 10.1. The Labute approximate surface area is 126 Å². The third-order valence-electron chi connectivity index (χ3n) is 3.20. The molecule has 1 amide bonds. The van der Waals surface area contributed by atoms with Gasteiger partial charge in [-0.15, -0.1) is 0 Å². The molecule has 112 valence electrons. The predicted molar refractivity (Wildman–Crippen MR) is 83.5 cm³/mol. The van der Waals surface area contributed by atoms with Crippen molar-refractivity contribution >= 4 is 17.5 Å². The van der Waals surface area contributed by atoms with Crippen LogP contribution in [0.2, 0.25) is 5.02 Å². The van der Waals surface area contributed by atoms with E-state index in [0.717, 1.165) is 29.0 Å². The van der Waals surface area contributed by atoms with Crippen molar-refractivity contribution in [2.24, 2.45) is 0 Å². The molecule has 20 heavy (non-hydrogen) atoms. The van der Waals surface area contributed by atoms with Crippen LogP contribution in [0, 0.1) is 13.8 Å². The van der Waals surface area contributed by atoms with Gasteiger partial charge in [-0.1, -0.05) is 24.9 Å². The minimum Gasteiger partial charge on any atom is -0.481 e. The average molecular weight is 298 g/mol. The number of hydrogen-bond acceptors (Lipinski definition) is 2. The summed E-state index contributed by atoms with van der Waals surface area (Å²) in [5.74, 6) is 0.589. The van der Waals surface area contributed by atoms with Crippen LogP contribution in [0.1, 0.15) is 44.7 Å². The van der Waals surface area contributed by atoms with Crippen molar-refractivity contribution < 1.29 is 9.53 Å². The number of aryl methyl sites for hydroxylation is 2. The Morgan fingerprint density at radius 3 is 2.35 bits per heavy atom. The van der Waals surface area contributed by atoms with Crippen LogP contribution in [0.3, 0.4) is 0 Å². The van der Waals surface area contributed by atoms with E-state index in [-0.39, 0.29) is 11.9 Å². The molecule has 4 heteroatoms. The van der Waals surface area contributed by atoms with Crippen LogP contribution in [-0.2, 0) is 4.79 Å². The normalized spacial score (nSPS) is 13.7. The Balaban J connectivity index is 2.66. The Kier molecular flexibility index (Phi) is 6.34. The molecule has 0 saturated carbocycles. The van der Waals surface area contributed by atoms with Gasteiger partial charge in [0.25, 0.3) is 5.91 Å². The van der Waals surface area contributed by atoms with Crippen LogP contribution in [-0.4, -0.2) is 18.1 Å². The maximum absolute atomic E-state index is 12.0. The number of nitrogens with one attached hydrogen (secondary N) is 1. The fourth-order valence-corrected chi connectivity index (χ4v) is 2.21. The van der Waals surface area contributed by atoms with Gasteiger partial charge >= 0.3 is 0 Å². The first kappa shape index (κ1) is 16.8. The van der Waals surface area contributed by atoms with E-state index >= 15 is 0 Å². The van der Waals surface area contributed by atoms with Crippen molar-refractivity contribution in [1.29, 1.82) is 0 Å². The van der Waals surface area contributed by atoms with Crippen molar-refractivity contribution in [2.75, 3.05) is 0 Å². The molecular formula is C16H24ClNO2. The van der Waals surface area contributed by atoms with Gasteiger partial charge in [0.1, 0.15) is 5.75 Å². The molecule has 1 aromatic carbocycles. The second kappa shape index (κ2) is 7.53. The van der Waals surface area contributed by atoms with Gasteiger partial charge in [-0.25, -0.2) is 0 Å². The van der Waals surface area contributed by atoms with Crippen LogP contribution < -0.4 is 10.1 Å². The van der Waals surface area contributed by atoms with Gasteiger partial charge in [0, 0.05) is 11.1 Å². The summed E-state index contributed by atoms with van der Waals surface area (Å²) in [6.45, 7) is 9.71. The Hall–Kier alpha value is -1.22. The van der Waals surface area contributed by atoms with E-state index in [1.807, 2.05) is 32.9 Å². The van der Waals surface area contributed by atoms with Crippen molar-refractivity contribution in [3.05, 3.63) is 28.3 Å². The highest BCUT2D eigenvalue weighted by Crippen LogP contribution is 2.26. The largest absolute Gasteiger partial charge is 0.481 e. The van der Waals surface area contributed by atoms with E-state index in [4.69, 9.17) is 16.3 Å². The molecule has 0 unspecified atom stereocenters. The SMILES string of the molecule is CCC[C@@H](C)NC(=O)[C@@H](C)Oc1cc(C)c(Cl)c(C)c1. The lowest BCUT2D eigenvalue weighted by molar-refractivity contribution is -0.127. The summed E-state index contributed by atoms with van der Waals surface area (Å²) in [6.07, 6.45) is 1.50. The number of rotatable bonds is 6. The maximum Gasteiger partial charge on any atom is 0.260 e. The Morgan fingerprint density at radius 1 is 1.30 bits per heavy atom. The van der Waals surface area contributed by atoms with Crippen LogP contribution in [0.15, 0.2) is 12.1 Å². The monoisotopic (exact) mass is 297 g/mol. The highest BCUT2D eigenvalue weighted by atomic mass is 35.5. The predicted octanol–water partition coefficient (Wildman–Crippen LogP) is 4.03. The minimum atomic E-state index is -0.519. The molecule has 0 bridgehead atoms. The zero-order chi connectivity index (χ0) is 15.3. The Bertz CT molecular complexity index is 451. The van der Waals surface area contributed by atoms with E-state index in [1.54, 1.807) is 6.92 Å². The van der Waals surface area contributed by atoms with Gasteiger partial charge in [0.05, 0.1) is 0 Å². The van der Waals surface area contributed by atoms with Gasteiger partial charge in [-0.05, 0) is 57.4 Å². The molecule has 0 fully saturated rings. The summed E-state index contributed by atoms with van der Waals surface area (Å²) in [6, 6.07) is 3.88. The molecule has 3 nitrogen and oxygen atoms in total. The fraction of sp³-hybridized carbons (Fsp3) is 0.562. The molecule has 1 aromatic rings. The van der Waals surface area contributed by atoms with E-state index in [1.165, 1.54) is 0 Å². The van der Waals surface area contributed by atoms with Gasteiger partial charge in [0.15, 0.2) is 6.10 Å². The van der Waals surface area contributed by atoms with Gasteiger partial charge in [-0.3, -0.25) is 4.79 Å². The molecular weight excluding hydrogens is 274 g/mol. The number of amides is 1. The molecule has 0 radical (unpaired) electrons. The highest BCUT2D eigenvalue weighted by Gasteiger charge is 2.17. The zero-order valence-electron chi connectivity index (χ0n) is 12.9. The summed E-state index contributed by atoms with van der Waals surface area (Å²) in [7, 11) is 0. The molecule has 0 aliphatic heterocycles. The van der Waals surface area contributed by atoms with E-state index < -0.39 is 6.10 Å². The molecule has 1 N–H and O–H groups in total. The summed E-state index contributed by atoms with van der Waals surface area (Å²) in [4.78, 5) is 12.0. The van der Waals surface area contributed by atoms with Crippen LogP contribution >= 0.6 is 11.6 Å². The van der Waals surface area contributed by atoms with Crippen molar-refractivity contribution in [1.82, 2.24) is 5.32 Å². The number of halogens is 1. The van der Waals surface area contributed by atoms with Crippen molar-refractivity contribution in [3.63, 3.8) is 0 Å². The Morgan fingerprint density at radius 2 is 1.85 bits per heavy atom. The first-order chi connectivity index (χ1) is 9.35. The summed E-state index contributed by atoms with van der Waals surface area (Å²) < 4.78 is 5.70. The van der Waals surface area contributed by atoms with Crippen LogP contribution in [0.25, 0.3) is 0 Å². The van der Waals surface area contributed by atoms with E-state index in [0.29, 0.717) is 5.75 Å². The third kappa shape index (κ3) is 4.71. The highest BCUT2D eigenvalue weighted by molar-refractivity contribution is 6.32. The second-order valence-corrected chi connectivity index (χ2v) is 5.71. The standard InChI is InChI=1S/C16H24ClNO2/c1-6-7-12(4)18-16(19)13(5)20-14-8-10(2)15(17)11(3)9-14/h8-9,12-13H,6-7H2,1-5H3,(H,18,19)/t12-,13-/m1/s1. The topological polar surface area (TPSA) is 38.3 Å². The van der Waals surface area contributed by atoms with Gasteiger partial charge < -0.3 is 10.1 Å². The van der Waals surface area contributed by atoms with E-state index in [2.05, 4.69) is 12.2 Å². The van der Waals surface area contributed by atoms with Crippen molar-refractivity contribution in [2.45, 2.75) is 59.6 Å². The molecule has 0 heterocycles. The molecule has 0 saturated heterocycles. The number of ether oxygens (including phenoxy) is 1. The van der Waals surface area contributed by atoms with E-state index in [9.17, 15) is 4.79 Å². The van der Waals surface area contributed by atoms with Gasteiger partial charge in [0.2, 0.25) is 0 Å². The smallest absolute Gasteiger partial charge is 0.260 e. The quantitative estimate of drug-likeness (QED) is 0.861. The summed E-state index contributed by atoms with van der Waals surface area (Å²) in [5.41, 5.74) is 1.90. The second-order valence-electron chi connectivity index (χ2n) is 5.33. The first-order valence-electron chi connectivity index (χ1n) is 7.09. The van der Waals surface area contributed by atoms with Crippen molar-refractivity contribution in [3.8, 4) is 5.75 Å². The number of hydrogen-bond donors (Lipinski definition) is 1. The molecule has 2 atom stereocenters. The molecule has 1 rings (SSSR count). The molecule has 0 spiro atoms. The van der Waals surface area contributed by atoms with Crippen LogP contribution in [0.5, 0.6) is 5.75 Å². The summed E-state index contributed by atoms with van der Waals surface area (Å²) >= 11 is 6.12.